The zero-order valence-electron chi connectivity index (χ0n) is 10.7. The molecule has 5 nitrogen and oxygen atoms in total. The Labute approximate surface area is 122 Å². The molecule has 0 spiro atoms. The van der Waals surface area contributed by atoms with Crippen molar-refractivity contribution >= 4 is 18.4 Å². The number of benzene rings is 1. The molecule has 0 aliphatic rings. The Balaban J connectivity index is 0.00000200. The molecule has 0 radical (unpaired) electrons. The first kappa shape index (κ1) is 15.7. The van der Waals surface area contributed by atoms with Gasteiger partial charge in [-0.3, -0.25) is 4.79 Å². The first-order valence-corrected chi connectivity index (χ1v) is 5.91. The van der Waals surface area contributed by atoms with Gasteiger partial charge in [0.1, 0.15) is 5.82 Å². The molecule has 104 valence electrons. The molecule has 2 rings (SSSR count). The van der Waals surface area contributed by atoms with Crippen LogP contribution in [-0.2, 0) is 17.6 Å². The minimum Gasteiger partial charge on any atom is -0.481 e. The Morgan fingerprint density at radius 3 is 2.65 bits per heavy atom. The molecule has 1 aromatic heterocycles. The average Bonchev–Trinajstić information content (AvgIpc) is 2.85. The lowest BCUT2D eigenvalue weighted by atomic mass is 10.1. The molecule has 0 aliphatic heterocycles. The van der Waals surface area contributed by atoms with Crippen molar-refractivity contribution in [3.8, 4) is 6.07 Å². The van der Waals surface area contributed by atoms with Crippen LogP contribution in [0.3, 0.4) is 0 Å². The Bertz CT molecular complexity index is 614. The van der Waals surface area contributed by atoms with Gasteiger partial charge in [-0.05, 0) is 24.1 Å². The summed E-state index contributed by atoms with van der Waals surface area (Å²) in [4.78, 5) is 17.8. The molecule has 0 saturated carbocycles. The molecule has 0 unspecified atom stereocenters. The summed E-state index contributed by atoms with van der Waals surface area (Å²) in [6.07, 6.45) is 2.86. The van der Waals surface area contributed by atoms with E-state index in [0.29, 0.717) is 18.4 Å². The van der Waals surface area contributed by atoms with Gasteiger partial charge in [0.05, 0.1) is 18.1 Å². The summed E-state index contributed by atoms with van der Waals surface area (Å²) in [5, 5.41) is 17.3. The summed E-state index contributed by atoms with van der Waals surface area (Å²) in [7, 11) is 0. The maximum absolute atomic E-state index is 10.5. The average molecular weight is 292 g/mol. The maximum atomic E-state index is 10.5. The van der Waals surface area contributed by atoms with E-state index in [1.165, 1.54) is 0 Å². The SMILES string of the molecule is Cl.N#Cc1ccc(Cc2ncc(CCC(=O)O)[nH]2)cc1. The third-order valence-corrected chi connectivity index (χ3v) is 2.74. The number of carboxylic acids is 1. The molecule has 1 aromatic carbocycles. The summed E-state index contributed by atoms with van der Waals surface area (Å²) < 4.78 is 0. The number of aromatic amines is 1. The van der Waals surface area contributed by atoms with Crippen LogP contribution >= 0.6 is 12.4 Å². The number of H-pyrrole nitrogens is 1. The van der Waals surface area contributed by atoms with Gasteiger partial charge < -0.3 is 10.1 Å². The summed E-state index contributed by atoms with van der Waals surface area (Å²) in [6.45, 7) is 0. The molecule has 0 fully saturated rings. The maximum Gasteiger partial charge on any atom is 0.303 e. The van der Waals surface area contributed by atoms with Crippen LogP contribution in [0, 0.1) is 11.3 Å². The quantitative estimate of drug-likeness (QED) is 0.884. The van der Waals surface area contributed by atoms with Crippen LogP contribution in [0.15, 0.2) is 30.5 Å². The van der Waals surface area contributed by atoms with Crippen molar-refractivity contribution in [2.75, 3.05) is 0 Å². The Kier molecular flexibility index (Phi) is 5.75. The largest absolute Gasteiger partial charge is 0.481 e. The number of rotatable bonds is 5. The summed E-state index contributed by atoms with van der Waals surface area (Å²) in [5.41, 5.74) is 2.51. The topological polar surface area (TPSA) is 89.8 Å². The fourth-order valence-electron chi connectivity index (χ4n) is 1.75. The number of halogens is 1. The normalized spacial score (nSPS) is 9.55. The minimum atomic E-state index is -0.816. The lowest BCUT2D eigenvalue weighted by molar-refractivity contribution is -0.136. The Morgan fingerprint density at radius 1 is 1.35 bits per heavy atom. The predicted octanol–water partition coefficient (Wildman–Crippen LogP) is 2.31. The van der Waals surface area contributed by atoms with Crippen LogP contribution in [0.1, 0.15) is 29.1 Å². The molecule has 0 bridgehead atoms. The van der Waals surface area contributed by atoms with E-state index in [-0.39, 0.29) is 18.8 Å². The van der Waals surface area contributed by atoms with Crippen LogP contribution in [0.5, 0.6) is 0 Å². The smallest absolute Gasteiger partial charge is 0.303 e. The molecule has 2 aromatic rings. The van der Waals surface area contributed by atoms with E-state index in [0.717, 1.165) is 17.1 Å². The van der Waals surface area contributed by atoms with Gasteiger partial charge in [0, 0.05) is 18.3 Å². The number of nitrogens with zero attached hydrogens (tertiary/aromatic N) is 2. The Morgan fingerprint density at radius 2 is 2.05 bits per heavy atom. The van der Waals surface area contributed by atoms with Gasteiger partial charge in [0.15, 0.2) is 0 Å². The number of aryl methyl sites for hydroxylation is 1. The van der Waals surface area contributed by atoms with E-state index < -0.39 is 5.97 Å². The van der Waals surface area contributed by atoms with Gasteiger partial charge >= 0.3 is 5.97 Å². The lowest BCUT2D eigenvalue weighted by Crippen LogP contribution is -1.98. The van der Waals surface area contributed by atoms with Gasteiger partial charge in [-0.1, -0.05) is 12.1 Å². The minimum absolute atomic E-state index is 0. The number of aliphatic carboxylic acids is 1. The van der Waals surface area contributed by atoms with Crippen LogP contribution in [-0.4, -0.2) is 21.0 Å². The highest BCUT2D eigenvalue weighted by molar-refractivity contribution is 5.85. The van der Waals surface area contributed by atoms with Crippen molar-refractivity contribution in [1.82, 2.24) is 9.97 Å². The van der Waals surface area contributed by atoms with E-state index in [1.54, 1.807) is 18.3 Å². The van der Waals surface area contributed by atoms with Gasteiger partial charge in [-0.2, -0.15) is 5.26 Å². The molecule has 0 saturated heterocycles. The van der Waals surface area contributed by atoms with E-state index in [1.807, 2.05) is 12.1 Å². The first-order chi connectivity index (χ1) is 9.17. The molecule has 0 amide bonds. The van der Waals surface area contributed by atoms with Crippen LogP contribution in [0.2, 0.25) is 0 Å². The van der Waals surface area contributed by atoms with Crippen molar-refractivity contribution < 1.29 is 9.90 Å². The van der Waals surface area contributed by atoms with E-state index >= 15 is 0 Å². The zero-order valence-corrected chi connectivity index (χ0v) is 11.5. The third-order valence-electron chi connectivity index (χ3n) is 2.74. The highest BCUT2D eigenvalue weighted by atomic mass is 35.5. The number of nitrogens with one attached hydrogen (secondary N) is 1. The third kappa shape index (κ3) is 4.41. The lowest BCUT2D eigenvalue weighted by Gasteiger charge is -1.98. The van der Waals surface area contributed by atoms with Crippen LogP contribution in [0.25, 0.3) is 0 Å². The first-order valence-electron chi connectivity index (χ1n) is 5.91. The van der Waals surface area contributed by atoms with Crippen molar-refractivity contribution in [3.05, 3.63) is 53.1 Å². The van der Waals surface area contributed by atoms with Crippen LogP contribution in [0.4, 0.5) is 0 Å². The van der Waals surface area contributed by atoms with Crippen molar-refractivity contribution in [3.63, 3.8) is 0 Å². The number of carbonyl (C=O) groups is 1. The van der Waals surface area contributed by atoms with Crippen molar-refractivity contribution in [1.29, 1.82) is 5.26 Å². The molecular formula is C14H14ClN3O2. The van der Waals surface area contributed by atoms with Gasteiger partial charge in [-0.25, -0.2) is 4.98 Å². The van der Waals surface area contributed by atoms with E-state index in [2.05, 4.69) is 16.0 Å². The highest BCUT2D eigenvalue weighted by Gasteiger charge is 2.04. The van der Waals surface area contributed by atoms with E-state index in [9.17, 15) is 4.79 Å². The molecular weight excluding hydrogens is 278 g/mol. The number of hydrogen-bond donors (Lipinski definition) is 2. The predicted molar refractivity (Wildman–Crippen MR) is 75.8 cm³/mol. The molecule has 2 N–H and O–H groups in total. The standard InChI is InChI=1S/C14H13N3O2.ClH/c15-8-11-3-1-10(2-4-11)7-13-16-9-12(17-13)5-6-14(18)19;/h1-4,9H,5-7H2,(H,16,17)(H,18,19);1H. The second-order valence-electron chi connectivity index (χ2n) is 4.23. The fourth-order valence-corrected chi connectivity index (χ4v) is 1.75. The number of carboxylic acid groups (broad SMARTS) is 1. The zero-order chi connectivity index (χ0) is 13.7. The van der Waals surface area contributed by atoms with Crippen molar-refractivity contribution in [2.45, 2.75) is 19.3 Å². The molecule has 1 heterocycles. The van der Waals surface area contributed by atoms with Gasteiger partial charge in [0.25, 0.3) is 0 Å². The van der Waals surface area contributed by atoms with Crippen molar-refractivity contribution in [2.24, 2.45) is 0 Å². The highest BCUT2D eigenvalue weighted by Crippen LogP contribution is 2.09. The summed E-state index contributed by atoms with van der Waals surface area (Å²) in [5.74, 6) is -0.0201. The monoisotopic (exact) mass is 291 g/mol. The van der Waals surface area contributed by atoms with Gasteiger partial charge in [-0.15, -0.1) is 12.4 Å². The summed E-state index contributed by atoms with van der Waals surface area (Å²) in [6, 6.07) is 9.38. The molecule has 0 atom stereocenters. The number of hydrogen-bond acceptors (Lipinski definition) is 3. The number of imidazole rings is 1. The molecule has 20 heavy (non-hydrogen) atoms. The molecule has 0 aliphatic carbocycles. The second-order valence-corrected chi connectivity index (χ2v) is 4.23. The second kappa shape index (κ2) is 7.31. The van der Waals surface area contributed by atoms with Gasteiger partial charge in [0.2, 0.25) is 0 Å². The van der Waals surface area contributed by atoms with E-state index in [4.69, 9.17) is 10.4 Å². The number of nitriles is 1. The molecule has 6 heteroatoms. The Hall–Kier alpha value is -2.32. The summed E-state index contributed by atoms with van der Waals surface area (Å²) >= 11 is 0. The van der Waals surface area contributed by atoms with Crippen LogP contribution < -0.4 is 0 Å². The number of aromatic nitrogens is 2. The fraction of sp³-hybridized carbons (Fsp3) is 0.214.